The maximum absolute atomic E-state index is 12.1. The van der Waals surface area contributed by atoms with E-state index in [1.54, 1.807) is 12.1 Å². The van der Waals surface area contributed by atoms with Crippen LogP contribution in [0.4, 0.5) is 0 Å². The van der Waals surface area contributed by atoms with Crippen LogP contribution < -0.4 is 5.32 Å². The molecule has 0 spiro atoms. The summed E-state index contributed by atoms with van der Waals surface area (Å²) in [6.45, 7) is 1.05. The van der Waals surface area contributed by atoms with Gasteiger partial charge < -0.3 is 5.32 Å². The van der Waals surface area contributed by atoms with Crippen LogP contribution in [0.5, 0.6) is 0 Å². The molecule has 0 unspecified atom stereocenters. The molecule has 0 saturated heterocycles. The van der Waals surface area contributed by atoms with Gasteiger partial charge >= 0.3 is 0 Å². The van der Waals surface area contributed by atoms with Crippen molar-refractivity contribution in [3.05, 3.63) is 46.5 Å². The molecule has 0 aromatic heterocycles. The van der Waals surface area contributed by atoms with Crippen molar-refractivity contribution in [1.29, 1.82) is 0 Å². The summed E-state index contributed by atoms with van der Waals surface area (Å²) in [6, 6.07) is 7.25. The summed E-state index contributed by atoms with van der Waals surface area (Å²) in [7, 11) is -3.32. The summed E-state index contributed by atoms with van der Waals surface area (Å²) < 4.78 is 25.4. The second-order valence-corrected chi connectivity index (χ2v) is 9.09. The van der Waals surface area contributed by atoms with Crippen LogP contribution in [0.25, 0.3) is 0 Å². The van der Waals surface area contributed by atoms with Crippen LogP contribution in [-0.4, -0.2) is 38.0 Å². The van der Waals surface area contributed by atoms with Crippen molar-refractivity contribution in [2.75, 3.05) is 19.3 Å². The quantitative estimate of drug-likeness (QED) is 0.647. The Bertz CT molecular complexity index is 730. The molecule has 0 saturated carbocycles. The van der Waals surface area contributed by atoms with Gasteiger partial charge in [0, 0.05) is 31.1 Å². The molecule has 1 aliphatic rings. The Labute approximate surface area is 161 Å². The van der Waals surface area contributed by atoms with E-state index >= 15 is 0 Å². The molecule has 144 valence electrons. The summed E-state index contributed by atoms with van der Waals surface area (Å²) in [5, 5.41) is 3.47. The van der Waals surface area contributed by atoms with E-state index in [1.807, 2.05) is 12.1 Å². The van der Waals surface area contributed by atoms with Gasteiger partial charge in [-0.25, -0.2) is 12.7 Å². The van der Waals surface area contributed by atoms with Crippen LogP contribution in [-0.2, 0) is 21.4 Å². The Morgan fingerprint density at radius 1 is 1.19 bits per heavy atom. The molecule has 1 aromatic carbocycles. The zero-order chi connectivity index (χ0) is 19.0. The summed E-state index contributed by atoms with van der Waals surface area (Å²) >= 11 is 5.83. The van der Waals surface area contributed by atoms with E-state index in [0.717, 1.165) is 24.8 Å². The molecule has 1 amide bonds. The van der Waals surface area contributed by atoms with Gasteiger partial charge in [0.1, 0.15) is 0 Å². The first-order chi connectivity index (χ1) is 12.3. The van der Waals surface area contributed by atoms with Crippen LogP contribution in [0.3, 0.4) is 0 Å². The highest BCUT2D eigenvalue weighted by molar-refractivity contribution is 7.88. The van der Waals surface area contributed by atoms with E-state index in [-0.39, 0.29) is 18.9 Å². The van der Waals surface area contributed by atoms with E-state index in [2.05, 4.69) is 11.4 Å². The number of allylic oxidation sites excluding steroid dienone is 1. The van der Waals surface area contributed by atoms with Gasteiger partial charge in [-0.2, -0.15) is 0 Å². The lowest BCUT2D eigenvalue weighted by atomic mass is 9.97. The largest absolute Gasteiger partial charge is 0.352 e. The standard InChI is InChI=1S/C19H27ClN2O3S/c1-26(24,25)22(13-11-16-5-3-2-4-6-16)14-12-19(23)21-15-17-7-9-18(20)10-8-17/h5,7-10H,2-4,6,11-15H2,1H3,(H,21,23). The third-order valence-electron chi connectivity index (χ3n) is 4.53. The second kappa shape index (κ2) is 10.1. The molecule has 0 aliphatic heterocycles. The van der Waals surface area contributed by atoms with Crippen molar-refractivity contribution < 1.29 is 13.2 Å². The number of carbonyl (C=O) groups is 1. The Kier molecular flexibility index (Phi) is 8.13. The monoisotopic (exact) mass is 398 g/mol. The fraction of sp³-hybridized carbons (Fsp3) is 0.526. The first-order valence-corrected chi connectivity index (χ1v) is 11.2. The lowest BCUT2D eigenvalue weighted by Crippen LogP contribution is -2.35. The number of hydrogen-bond acceptors (Lipinski definition) is 3. The molecular formula is C19H27ClN2O3S. The van der Waals surface area contributed by atoms with Crippen molar-refractivity contribution in [2.45, 2.75) is 45.1 Å². The molecule has 1 aromatic rings. The SMILES string of the molecule is CS(=O)(=O)N(CCC(=O)NCc1ccc(Cl)cc1)CCC1=CCCCC1. The Hall–Kier alpha value is -1.37. The predicted octanol–water partition coefficient (Wildman–Crippen LogP) is 3.50. The summed E-state index contributed by atoms with van der Waals surface area (Å²) in [5.41, 5.74) is 2.28. The normalized spacial score (nSPS) is 15.0. The molecule has 0 heterocycles. The molecule has 5 nitrogen and oxygen atoms in total. The smallest absolute Gasteiger partial charge is 0.221 e. The van der Waals surface area contributed by atoms with Gasteiger partial charge in [-0.3, -0.25) is 4.79 Å². The molecule has 1 aliphatic carbocycles. The fourth-order valence-electron chi connectivity index (χ4n) is 2.96. The van der Waals surface area contributed by atoms with Gasteiger partial charge in [0.05, 0.1) is 6.26 Å². The third kappa shape index (κ3) is 7.48. The highest BCUT2D eigenvalue weighted by Crippen LogP contribution is 2.20. The van der Waals surface area contributed by atoms with Crippen LogP contribution >= 0.6 is 11.6 Å². The third-order valence-corrected chi connectivity index (χ3v) is 6.08. The molecule has 26 heavy (non-hydrogen) atoms. The predicted molar refractivity (Wildman–Crippen MR) is 106 cm³/mol. The van der Waals surface area contributed by atoms with Crippen molar-refractivity contribution >= 4 is 27.5 Å². The number of nitrogens with zero attached hydrogens (tertiary/aromatic N) is 1. The first kappa shape index (κ1) is 20.9. The fourth-order valence-corrected chi connectivity index (χ4v) is 3.93. The molecule has 0 atom stereocenters. The van der Waals surface area contributed by atoms with E-state index < -0.39 is 10.0 Å². The highest BCUT2D eigenvalue weighted by Gasteiger charge is 2.18. The molecule has 7 heteroatoms. The van der Waals surface area contributed by atoms with Gasteiger partial charge in [0.25, 0.3) is 0 Å². The Morgan fingerprint density at radius 2 is 1.92 bits per heavy atom. The molecule has 0 fully saturated rings. The van der Waals surface area contributed by atoms with Crippen molar-refractivity contribution in [3.63, 3.8) is 0 Å². The minimum Gasteiger partial charge on any atom is -0.352 e. The van der Waals surface area contributed by atoms with Crippen LogP contribution in [0.1, 0.15) is 44.1 Å². The molecule has 0 radical (unpaired) electrons. The van der Waals surface area contributed by atoms with Crippen LogP contribution in [0.15, 0.2) is 35.9 Å². The first-order valence-electron chi connectivity index (χ1n) is 8.99. The van der Waals surface area contributed by atoms with Gasteiger partial charge in [-0.15, -0.1) is 0 Å². The van der Waals surface area contributed by atoms with Gasteiger partial charge in [-0.1, -0.05) is 35.4 Å². The van der Waals surface area contributed by atoms with E-state index in [4.69, 9.17) is 11.6 Å². The minimum atomic E-state index is -3.32. The lowest BCUT2D eigenvalue weighted by Gasteiger charge is -2.21. The number of benzene rings is 1. The molecule has 2 rings (SSSR count). The van der Waals surface area contributed by atoms with E-state index in [0.29, 0.717) is 18.1 Å². The maximum atomic E-state index is 12.1. The molecular weight excluding hydrogens is 372 g/mol. The van der Waals surface area contributed by atoms with Crippen molar-refractivity contribution in [1.82, 2.24) is 9.62 Å². The van der Waals surface area contributed by atoms with Crippen molar-refractivity contribution in [3.8, 4) is 0 Å². The number of carbonyl (C=O) groups excluding carboxylic acids is 1. The Balaban J connectivity index is 1.79. The second-order valence-electron chi connectivity index (χ2n) is 6.67. The topological polar surface area (TPSA) is 66.5 Å². The van der Waals surface area contributed by atoms with Crippen LogP contribution in [0, 0.1) is 0 Å². The number of rotatable bonds is 9. The van der Waals surface area contributed by atoms with Gasteiger partial charge in [0.15, 0.2) is 0 Å². The summed E-state index contributed by atoms with van der Waals surface area (Å²) in [4.78, 5) is 12.1. The number of hydrogen-bond donors (Lipinski definition) is 1. The van der Waals surface area contributed by atoms with Crippen molar-refractivity contribution in [2.24, 2.45) is 0 Å². The van der Waals surface area contributed by atoms with E-state index in [1.165, 1.54) is 29.0 Å². The number of sulfonamides is 1. The maximum Gasteiger partial charge on any atom is 0.221 e. The number of nitrogens with one attached hydrogen (secondary N) is 1. The zero-order valence-corrected chi connectivity index (χ0v) is 16.8. The zero-order valence-electron chi connectivity index (χ0n) is 15.2. The van der Waals surface area contributed by atoms with Crippen LogP contribution in [0.2, 0.25) is 5.02 Å². The minimum absolute atomic E-state index is 0.152. The summed E-state index contributed by atoms with van der Waals surface area (Å²) in [6.07, 6.45) is 8.86. The molecule has 1 N–H and O–H groups in total. The van der Waals surface area contributed by atoms with Gasteiger partial charge in [-0.05, 0) is 49.8 Å². The molecule has 0 bridgehead atoms. The number of halogens is 1. The van der Waals surface area contributed by atoms with Gasteiger partial charge in [0.2, 0.25) is 15.9 Å². The number of amides is 1. The average Bonchev–Trinajstić information content (AvgIpc) is 2.61. The highest BCUT2D eigenvalue weighted by atomic mass is 35.5. The summed E-state index contributed by atoms with van der Waals surface area (Å²) in [5.74, 6) is -0.162. The van der Waals surface area contributed by atoms with E-state index in [9.17, 15) is 13.2 Å². The lowest BCUT2D eigenvalue weighted by molar-refractivity contribution is -0.121. The average molecular weight is 399 g/mol. The Morgan fingerprint density at radius 3 is 2.54 bits per heavy atom.